The number of sulfone groups is 1. The number of phenolic OH excluding ortho intramolecular Hbond substituents is 1. The Labute approximate surface area is 309 Å². The number of nitrogens with one attached hydrogen (secondary N) is 2. The van der Waals surface area contributed by atoms with Crippen molar-refractivity contribution in [2.45, 2.75) is 21.6 Å². The molecule has 0 aliphatic rings. The standard InChI is InChI=1S/C28H24ClN7O13S4/c1-15-2-4-17(5-3-15)35-36-23-22(50-49-48-38)14-20-19(24(23)37)10-11-21(25(20)52(41,42)43)31-28-33-26(29)32-27(34-28)30-16-6-8-18(9-7-16)51(39,40)13-12-47-53(44,45)46/h2-11,14,37-38H,12-13H2,1H3,(H,41,42,43)(H,44,45,46)(H2,30,31,32,33,34). The van der Waals surface area contributed by atoms with Crippen molar-refractivity contribution in [3.05, 3.63) is 77.6 Å². The highest BCUT2D eigenvalue weighted by Gasteiger charge is 2.25. The van der Waals surface area contributed by atoms with Crippen molar-refractivity contribution in [3.63, 3.8) is 0 Å². The first-order valence-corrected chi connectivity index (χ1v) is 19.8. The van der Waals surface area contributed by atoms with E-state index in [1.165, 1.54) is 42.5 Å². The van der Waals surface area contributed by atoms with Crippen LogP contribution < -0.4 is 10.6 Å². The van der Waals surface area contributed by atoms with Crippen LogP contribution in [0.2, 0.25) is 5.28 Å². The van der Waals surface area contributed by atoms with Crippen LogP contribution in [-0.2, 0) is 43.9 Å². The quantitative estimate of drug-likeness (QED) is 0.0236. The molecule has 0 saturated carbocycles. The van der Waals surface area contributed by atoms with Crippen molar-refractivity contribution in [2.75, 3.05) is 23.0 Å². The summed E-state index contributed by atoms with van der Waals surface area (Å²) in [6.07, 6.45) is 0. The molecule has 5 rings (SSSR count). The van der Waals surface area contributed by atoms with Gasteiger partial charge in [-0.2, -0.15) is 36.9 Å². The maximum absolute atomic E-state index is 12.8. The second-order valence-electron chi connectivity index (χ2n) is 10.4. The summed E-state index contributed by atoms with van der Waals surface area (Å²) >= 11 is 6.44. The van der Waals surface area contributed by atoms with Crippen molar-refractivity contribution < 1.29 is 58.3 Å². The van der Waals surface area contributed by atoms with E-state index in [1.54, 1.807) is 24.3 Å². The van der Waals surface area contributed by atoms with Gasteiger partial charge in [-0.25, -0.2) is 17.9 Å². The van der Waals surface area contributed by atoms with E-state index in [1.807, 2.05) is 6.92 Å². The number of azo groups is 1. The van der Waals surface area contributed by atoms with E-state index in [-0.39, 0.29) is 54.8 Å². The third-order valence-corrected chi connectivity index (χ3v) is 10.7. The molecule has 1 heterocycles. The number of rotatable bonds is 15. The van der Waals surface area contributed by atoms with Crippen LogP contribution in [0, 0.1) is 6.92 Å². The number of hydrogen-bond acceptors (Lipinski definition) is 19. The van der Waals surface area contributed by atoms with E-state index in [2.05, 4.69) is 49.4 Å². The first kappa shape index (κ1) is 39.6. The van der Waals surface area contributed by atoms with E-state index < -0.39 is 53.4 Å². The number of aromatic hydroxyl groups is 1. The van der Waals surface area contributed by atoms with Gasteiger partial charge in [0.2, 0.25) is 17.2 Å². The number of hydrogen-bond donors (Lipinski definition) is 6. The van der Waals surface area contributed by atoms with E-state index >= 15 is 0 Å². The molecular formula is C28H24ClN7O13S4. The number of aromatic nitrogens is 3. The maximum atomic E-state index is 12.8. The minimum atomic E-state index is -5.08. The summed E-state index contributed by atoms with van der Waals surface area (Å²) in [6, 6.07) is 15.6. The lowest BCUT2D eigenvalue weighted by molar-refractivity contribution is -0.432. The summed E-state index contributed by atoms with van der Waals surface area (Å²) in [5.74, 6) is -1.84. The normalized spacial score (nSPS) is 12.4. The Bertz CT molecular complexity index is 2530. The molecule has 0 atom stereocenters. The molecule has 280 valence electrons. The van der Waals surface area contributed by atoms with Crippen molar-refractivity contribution in [1.29, 1.82) is 0 Å². The molecule has 0 bridgehead atoms. The molecule has 0 aliphatic heterocycles. The fourth-order valence-electron chi connectivity index (χ4n) is 4.52. The molecule has 4 aromatic carbocycles. The Morgan fingerprint density at radius 1 is 0.849 bits per heavy atom. The van der Waals surface area contributed by atoms with Crippen LogP contribution >= 0.6 is 23.6 Å². The third-order valence-electron chi connectivity index (χ3n) is 6.80. The van der Waals surface area contributed by atoms with Gasteiger partial charge in [-0.15, -0.1) is 9.45 Å². The average Bonchev–Trinajstić information content (AvgIpc) is 3.06. The van der Waals surface area contributed by atoms with Crippen molar-refractivity contribution >= 4 is 99.4 Å². The van der Waals surface area contributed by atoms with E-state index in [0.29, 0.717) is 17.7 Å². The fraction of sp³-hybridized carbons (Fsp3) is 0.107. The van der Waals surface area contributed by atoms with Crippen molar-refractivity contribution in [1.82, 2.24) is 15.0 Å². The summed E-state index contributed by atoms with van der Waals surface area (Å²) in [5.41, 5.74) is 1.15. The molecule has 1 aromatic heterocycles. The molecule has 5 aromatic rings. The predicted octanol–water partition coefficient (Wildman–Crippen LogP) is 5.86. The summed E-state index contributed by atoms with van der Waals surface area (Å²) in [6.45, 7) is 1.06. The molecule has 25 heteroatoms. The van der Waals surface area contributed by atoms with Gasteiger partial charge in [0.05, 0.1) is 45.6 Å². The molecule has 53 heavy (non-hydrogen) atoms. The summed E-state index contributed by atoms with van der Waals surface area (Å²) in [5, 5.41) is 36.5. The number of nitrogens with zero attached hydrogens (tertiary/aromatic N) is 5. The Morgan fingerprint density at radius 2 is 1.51 bits per heavy atom. The number of fused-ring (bicyclic) bond motifs is 1. The Balaban J connectivity index is 1.47. The Hall–Kier alpha value is -4.60. The van der Waals surface area contributed by atoms with E-state index in [9.17, 15) is 34.9 Å². The molecule has 0 spiro atoms. The van der Waals surface area contributed by atoms with Crippen LogP contribution in [0.4, 0.5) is 34.6 Å². The van der Waals surface area contributed by atoms with Crippen LogP contribution in [0.3, 0.4) is 0 Å². The lowest BCUT2D eigenvalue weighted by atomic mass is 10.1. The SMILES string of the molecule is Cc1ccc(N=Nc2c(SOOO)cc3c(S(=O)(=O)O)c(Nc4nc(Cl)nc(Nc5ccc(S(=O)(=O)CCOS(=O)(=O)O)cc5)n4)ccc3c2O)cc1. The Morgan fingerprint density at radius 3 is 2.13 bits per heavy atom. The predicted molar refractivity (Wildman–Crippen MR) is 189 cm³/mol. The molecule has 0 amide bonds. The first-order chi connectivity index (χ1) is 24.9. The van der Waals surface area contributed by atoms with Crippen molar-refractivity contribution in [3.8, 4) is 5.75 Å². The van der Waals surface area contributed by atoms with Gasteiger partial charge in [0.25, 0.3) is 10.1 Å². The molecule has 20 nitrogen and oxygen atoms in total. The maximum Gasteiger partial charge on any atom is 0.397 e. The van der Waals surface area contributed by atoms with Crippen LogP contribution in [0.15, 0.2) is 91.6 Å². The number of benzene rings is 4. The number of anilines is 4. The minimum absolute atomic E-state index is 0.0947. The molecule has 0 fully saturated rings. The lowest BCUT2D eigenvalue weighted by Crippen LogP contribution is -2.15. The molecule has 0 radical (unpaired) electrons. The highest BCUT2D eigenvalue weighted by molar-refractivity contribution is 7.94. The number of aryl methyl sites for hydroxylation is 1. The summed E-state index contributed by atoms with van der Waals surface area (Å²) in [7, 11) is -13.9. The highest BCUT2D eigenvalue weighted by Crippen LogP contribution is 2.47. The largest absolute Gasteiger partial charge is 0.505 e. The molecule has 6 N–H and O–H groups in total. The summed E-state index contributed by atoms with van der Waals surface area (Å²) in [4.78, 5) is 11.0. The average molecular weight is 830 g/mol. The second-order valence-corrected chi connectivity index (χ2v) is 16.1. The van der Waals surface area contributed by atoms with Crippen LogP contribution in [0.25, 0.3) is 10.8 Å². The zero-order valence-electron chi connectivity index (χ0n) is 26.5. The van der Waals surface area contributed by atoms with Crippen molar-refractivity contribution in [2.24, 2.45) is 10.2 Å². The zero-order valence-corrected chi connectivity index (χ0v) is 30.5. The molecular weight excluding hydrogens is 806 g/mol. The van der Waals surface area contributed by atoms with Crippen LogP contribution in [0.5, 0.6) is 5.75 Å². The second kappa shape index (κ2) is 16.2. The Kier molecular flexibility index (Phi) is 12.1. The van der Waals surface area contributed by atoms with Crippen LogP contribution in [-0.4, -0.2) is 72.0 Å². The smallest absolute Gasteiger partial charge is 0.397 e. The van der Waals surface area contributed by atoms with Gasteiger partial charge < -0.3 is 15.7 Å². The molecule has 0 unspecified atom stereocenters. The molecule has 0 aliphatic carbocycles. The fourth-order valence-corrected chi connectivity index (χ4v) is 7.50. The monoisotopic (exact) mass is 829 g/mol. The van der Waals surface area contributed by atoms with Gasteiger partial charge in [0.1, 0.15) is 10.6 Å². The van der Waals surface area contributed by atoms with Gasteiger partial charge in [-0.3, -0.25) is 9.11 Å². The lowest BCUT2D eigenvalue weighted by Gasteiger charge is -2.15. The highest BCUT2D eigenvalue weighted by atomic mass is 35.5. The van der Waals surface area contributed by atoms with Crippen LogP contribution in [0.1, 0.15) is 5.56 Å². The molecule has 0 saturated heterocycles. The third kappa shape index (κ3) is 10.3. The first-order valence-electron chi connectivity index (χ1n) is 14.3. The van der Waals surface area contributed by atoms with Gasteiger partial charge in [-0.05, 0) is 73.1 Å². The summed E-state index contributed by atoms with van der Waals surface area (Å²) < 4.78 is 99.5. The zero-order chi connectivity index (χ0) is 38.6. The topological polar surface area (TPSA) is 298 Å². The van der Waals surface area contributed by atoms with E-state index in [4.69, 9.17) is 21.4 Å². The number of halogens is 1. The van der Waals surface area contributed by atoms with Gasteiger partial charge in [0.15, 0.2) is 15.6 Å². The van der Waals surface area contributed by atoms with Gasteiger partial charge >= 0.3 is 10.4 Å². The van der Waals surface area contributed by atoms with Gasteiger partial charge in [0, 0.05) is 16.5 Å². The van der Waals surface area contributed by atoms with E-state index in [0.717, 1.165) is 5.56 Å². The van der Waals surface area contributed by atoms with Gasteiger partial charge in [-0.1, -0.05) is 22.7 Å². The minimum Gasteiger partial charge on any atom is -0.505 e. The number of phenols is 1.